The van der Waals surface area contributed by atoms with E-state index >= 15 is 0 Å². The van der Waals surface area contributed by atoms with Gasteiger partial charge in [0.1, 0.15) is 0 Å². The maximum absolute atomic E-state index is 12.6. The minimum atomic E-state index is -4.39. The lowest BCUT2D eigenvalue weighted by atomic mass is 10.1. The first-order valence-electron chi connectivity index (χ1n) is 6.95. The summed E-state index contributed by atoms with van der Waals surface area (Å²) in [7, 11) is 0. The number of carbonyl (C=O) groups is 1. The Kier molecular flexibility index (Phi) is 5.91. The normalized spacial score (nSPS) is 11.7. The molecular formula is C15H14F3N3O2S. The lowest BCUT2D eigenvalue weighted by molar-refractivity contribution is -0.142. The standard InChI is InChI=1S/C15H14F3N3O2S/c1-2-23-13(22)7-12-9-24-14(20-12)21-19-8-10-4-3-5-11(6-10)15(16,17)18/h3-6,8-9H,2,7H2,1H3,(H,20,21). The van der Waals surface area contributed by atoms with Crippen LogP contribution in [0.1, 0.15) is 23.7 Å². The average Bonchev–Trinajstić information content (AvgIpc) is 2.94. The minimum absolute atomic E-state index is 0.0589. The zero-order valence-corrected chi connectivity index (χ0v) is 13.4. The summed E-state index contributed by atoms with van der Waals surface area (Å²) in [4.78, 5) is 15.5. The Morgan fingerprint density at radius 2 is 2.25 bits per heavy atom. The number of ether oxygens (including phenoxy) is 1. The molecule has 5 nitrogen and oxygen atoms in total. The van der Waals surface area contributed by atoms with Gasteiger partial charge in [-0.15, -0.1) is 11.3 Å². The van der Waals surface area contributed by atoms with Crippen molar-refractivity contribution in [3.63, 3.8) is 0 Å². The summed E-state index contributed by atoms with van der Waals surface area (Å²) >= 11 is 1.23. The zero-order chi connectivity index (χ0) is 17.6. The van der Waals surface area contributed by atoms with Gasteiger partial charge in [-0.3, -0.25) is 10.2 Å². The van der Waals surface area contributed by atoms with Gasteiger partial charge in [0.2, 0.25) is 5.13 Å². The summed E-state index contributed by atoms with van der Waals surface area (Å²) < 4.78 is 42.6. The second-order valence-electron chi connectivity index (χ2n) is 4.62. The Bertz CT molecular complexity index is 729. The maximum atomic E-state index is 12.6. The quantitative estimate of drug-likeness (QED) is 0.486. The third-order valence-electron chi connectivity index (χ3n) is 2.77. The van der Waals surface area contributed by atoms with Crippen molar-refractivity contribution in [1.29, 1.82) is 0 Å². The van der Waals surface area contributed by atoms with Crippen molar-refractivity contribution in [2.24, 2.45) is 5.10 Å². The third kappa shape index (κ3) is 5.34. The molecule has 0 aliphatic heterocycles. The molecule has 1 aromatic carbocycles. The number of halogens is 3. The van der Waals surface area contributed by atoms with Gasteiger partial charge in [0, 0.05) is 5.38 Å². The van der Waals surface area contributed by atoms with Crippen molar-refractivity contribution in [2.45, 2.75) is 19.5 Å². The lowest BCUT2D eigenvalue weighted by Crippen LogP contribution is -2.07. The second-order valence-corrected chi connectivity index (χ2v) is 5.48. The summed E-state index contributed by atoms with van der Waals surface area (Å²) in [5.41, 5.74) is 2.73. The molecule has 0 unspecified atom stereocenters. The zero-order valence-electron chi connectivity index (χ0n) is 12.6. The highest BCUT2D eigenvalue weighted by Gasteiger charge is 2.30. The number of nitrogens with one attached hydrogen (secondary N) is 1. The predicted octanol–water partition coefficient (Wildman–Crippen LogP) is 3.71. The molecule has 2 rings (SSSR count). The molecule has 128 valence electrons. The van der Waals surface area contributed by atoms with Gasteiger partial charge < -0.3 is 4.74 Å². The Morgan fingerprint density at radius 1 is 1.46 bits per heavy atom. The molecule has 0 aliphatic rings. The molecule has 0 saturated carbocycles. The molecule has 9 heteroatoms. The van der Waals surface area contributed by atoms with Crippen LogP contribution in [-0.2, 0) is 22.1 Å². The van der Waals surface area contributed by atoms with Crippen LogP contribution in [0.4, 0.5) is 18.3 Å². The number of nitrogens with zero attached hydrogens (tertiary/aromatic N) is 2. The van der Waals surface area contributed by atoms with E-state index in [1.807, 2.05) is 0 Å². The molecule has 1 aromatic heterocycles. The van der Waals surface area contributed by atoms with Gasteiger partial charge in [0.15, 0.2) is 0 Å². The number of alkyl halides is 3. The van der Waals surface area contributed by atoms with Gasteiger partial charge in [0.25, 0.3) is 0 Å². The number of esters is 1. The van der Waals surface area contributed by atoms with Gasteiger partial charge in [-0.05, 0) is 24.6 Å². The van der Waals surface area contributed by atoms with Crippen molar-refractivity contribution in [1.82, 2.24) is 4.98 Å². The van der Waals surface area contributed by atoms with Crippen LogP contribution >= 0.6 is 11.3 Å². The van der Waals surface area contributed by atoms with E-state index in [1.165, 1.54) is 29.7 Å². The van der Waals surface area contributed by atoms with E-state index in [4.69, 9.17) is 4.74 Å². The number of benzene rings is 1. The van der Waals surface area contributed by atoms with Crippen LogP contribution < -0.4 is 5.43 Å². The number of anilines is 1. The fourth-order valence-corrected chi connectivity index (χ4v) is 2.42. The van der Waals surface area contributed by atoms with E-state index in [1.54, 1.807) is 12.3 Å². The van der Waals surface area contributed by atoms with Crippen LogP contribution in [0.5, 0.6) is 0 Å². The van der Waals surface area contributed by atoms with Crippen molar-refractivity contribution in [3.8, 4) is 0 Å². The van der Waals surface area contributed by atoms with Crippen LogP contribution in [-0.4, -0.2) is 23.8 Å². The van der Waals surface area contributed by atoms with Crippen LogP contribution in [0.25, 0.3) is 0 Å². The maximum Gasteiger partial charge on any atom is 0.416 e. The summed E-state index contributed by atoms with van der Waals surface area (Å²) in [6, 6.07) is 4.81. The first-order valence-corrected chi connectivity index (χ1v) is 7.83. The van der Waals surface area contributed by atoms with Gasteiger partial charge in [0.05, 0.1) is 30.5 Å². The van der Waals surface area contributed by atoms with Gasteiger partial charge in [-0.2, -0.15) is 18.3 Å². The number of hydrogen-bond acceptors (Lipinski definition) is 6. The molecule has 0 saturated heterocycles. The molecule has 1 heterocycles. The molecule has 0 bridgehead atoms. The van der Waals surface area contributed by atoms with E-state index in [0.29, 0.717) is 23.0 Å². The molecule has 24 heavy (non-hydrogen) atoms. The minimum Gasteiger partial charge on any atom is -0.466 e. The molecule has 2 aromatic rings. The summed E-state index contributed by atoms with van der Waals surface area (Å²) in [5, 5.41) is 5.96. The number of hydrazone groups is 1. The first-order chi connectivity index (χ1) is 11.4. The molecule has 0 fully saturated rings. The topological polar surface area (TPSA) is 63.6 Å². The highest BCUT2D eigenvalue weighted by Crippen LogP contribution is 2.29. The lowest BCUT2D eigenvalue weighted by Gasteiger charge is -2.06. The predicted molar refractivity (Wildman–Crippen MR) is 85.1 cm³/mol. The Balaban J connectivity index is 1.95. The second kappa shape index (κ2) is 7.91. The fraction of sp³-hybridized carbons (Fsp3) is 0.267. The largest absolute Gasteiger partial charge is 0.466 e. The Morgan fingerprint density at radius 3 is 2.96 bits per heavy atom. The number of thiazole rings is 1. The number of hydrogen-bond donors (Lipinski definition) is 1. The summed E-state index contributed by atoms with van der Waals surface area (Å²) in [5.74, 6) is -0.373. The Hall–Kier alpha value is -2.42. The number of aromatic nitrogens is 1. The molecule has 0 spiro atoms. The number of rotatable bonds is 6. The monoisotopic (exact) mass is 357 g/mol. The highest BCUT2D eigenvalue weighted by molar-refractivity contribution is 7.13. The van der Waals surface area contributed by atoms with Crippen LogP contribution in [0.2, 0.25) is 0 Å². The molecular weight excluding hydrogens is 343 g/mol. The average molecular weight is 357 g/mol. The van der Waals surface area contributed by atoms with Crippen molar-refractivity contribution in [2.75, 3.05) is 12.0 Å². The van der Waals surface area contributed by atoms with Crippen molar-refractivity contribution < 1.29 is 22.7 Å². The molecule has 0 amide bonds. The summed E-state index contributed by atoms with van der Waals surface area (Å²) in [6.45, 7) is 2.02. The number of carbonyl (C=O) groups excluding carboxylic acids is 1. The van der Waals surface area contributed by atoms with Gasteiger partial charge in [-0.1, -0.05) is 12.1 Å². The van der Waals surface area contributed by atoms with Crippen LogP contribution in [0, 0.1) is 0 Å². The van der Waals surface area contributed by atoms with Gasteiger partial charge in [-0.25, -0.2) is 4.98 Å². The van der Waals surface area contributed by atoms with Crippen LogP contribution in [0.3, 0.4) is 0 Å². The fourth-order valence-electron chi connectivity index (χ4n) is 1.76. The first kappa shape index (κ1) is 17.9. The van der Waals surface area contributed by atoms with Crippen molar-refractivity contribution in [3.05, 3.63) is 46.5 Å². The van der Waals surface area contributed by atoms with E-state index in [0.717, 1.165) is 12.1 Å². The van der Waals surface area contributed by atoms with E-state index < -0.39 is 11.7 Å². The third-order valence-corrected chi connectivity index (χ3v) is 3.57. The molecule has 1 N–H and O–H groups in total. The smallest absolute Gasteiger partial charge is 0.416 e. The van der Waals surface area contributed by atoms with E-state index in [-0.39, 0.29) is 12.4 Å². The van der Waals surface area contributed by atoms with Crippen molar-refractivity contribution >= 4 is 28.7 Å². The molecule has 0 aliphatic carbocycles. The summed E-state index contributed by atoms with van der Waals surface area (Å²) in [6.07, 6.45) is -3.07. The highest BCUT2D eigenvalue weighted by atomic mass is 32.1. The van der Waals surface area contributed by atoms with E-state index in [2.05, 4.69) is 15.5 Å². The van der Waals surface area contributed by atoms with E-state index in [9.17, 15) is 18.0 Å². The SMILES string of the molecule is CCOC(=O)Cc1csc(NN=Cc2cccc(C(F)(F)F)c2)n1. The van der Waals surface area contributed by atoms with Crippen LogP contribution in [0.15, 0.2) is 34.7 Å². The van der Waals surface area contributed by atoms with Gasteiger partial charge >= 0.3 is 12.1 Å². The molecule has 0 atom stereocenters. The Labute approximate surface area is 140 Å². The molecule has 0 radical (unpaired) electrons.